The zero-order chi connectivity index (χ0) is 14.5. The van der Waals surface area contributed by atoms with E-state index in [0.717, 1.165) is 10.0 Å². The predicted molar refractivity (Wildman–Crippen MR) is 88.0 cm³/mol. The number of hydrogen-bond acceptors (Lipinski definition) is 3. The van der Waals surface area contributed by atoms with Crippen LogP contribution in [0.5, 0.6) is 0 Å². The van der Waals surface area contributed by atoms with Gasteiger partial charge >= 0.3 is 0 Å². The van der Waals surface area contributed by atoms with E-state index in [-0.39, 0.29) is 12.6 Å². The van der Waals surface area contributed by atoms with Crippen molar-refractivity contribution in [2.75, 3.05) is 18.1 Å². The quantitative estimate of drug-likeness (QED) is 0.860. The summed E-state index contributed by atoms with van der Waals surface area (Å²) in [4.78, 5) is 2.37. The summed E-state index contributed by atoms with van der Waals surface area (Å²) in [5, 5.41) is 9.43. The Bertz CT molecular complexity index is 430. The van der Waals surface area contributed by atoms with Crippen LogP contribution in [0.4, 0.5) is 5.69 Å². The lowest BCUT2D eigenvalue weighted by molar-refractivity contribution is 0.290. The molecule has 20 heavy (non-hydrogen) atoms. The molecule has 1 atom stereocenters. The second-order valence-electron chi connectivity index (χ2n) is 5.70. The van der Waals surface area contributed by atoms with Gasteiger partial charge < -0.3 is 15.7 Å². The third-order valence-corrected chi connectivity index (χ3v) is 4.64. The van der Waals surface area contributed by atoms with Gasteiger partial charge in [-0.2, -0.15) is 0 Å². The minimum atomic E-state index is -0.00714. The molecule has 1 saturated carbocycles. The van der Waals surface area contributed by atoms with Crippen molar-refractivity contribution in [3.05, 3.63) is 28.2 Å². The summed E-state index contributed by atoms with van der Waals surface area (Å²) in [5.41, 5.74) is 8.47. The van der Waals surface area contributed by atoms with Gasteiger partial charge in [0.15, 0.2) is 0 Å². The van der Waals surface area contributed by atoms with Crippen molar-refractivity contribution in [3.63, 3.8) is 0 Å². The molecule has 3 nitrogen and oxygen atoms in total. The molecular weight excluding hydrogens is 316 g/mol. The van der Waals surface area contributed by atoms with Crippen molar-refractivity contribution in [3.8, 4) is 0 Å². The first-order chi connectivity index (χ1) is 9.63. The normalized spacial score (nSPS) is 18.0. The molecule has 2 rings (SSSR count). The van der Waals surface area contributed by atoms with Gasteiger partial charge in [-0.3, -0.25) is 0 Å². The van der Waals surface area contributed by atoms with Gasteiger partial charge in [-0.25, -0.2) is 0 Å². The first-order valence-corrected chi connectivity index (χ1v) is 8.35. The Labute approximate surface area is 130 Å². The van der Waals surface area contributed by atoms with E-state index in [9.17, 15) is 5.11 Å². The van der Waals surface area contributed by atoms with Gasteiger partial charge in [0.2, 0.25) is 0 Å². The number of nitrogens with zero attached hydrogens (tertiary/aromatic N) is 1. The van der Waals surface area contributed by atoms with E-state index in [2.05, 4.69) is 39.0 Å². The smallest absolute Gasteiger partial charge is 0.0606 e. The van der Waals surface area contributed by atoms with Crippen LogP contribution < -0.4 is 10.6 Å². The first-order valence-electron chi connectivity index (χ1n) is 7.56. The Morgan fingerprint density at radius 3 is 2.65 bits per heavy atom. The SMILES string of the molecule is CC(N)c1cc(Br)ccc1N(CCO)C1CCCCC1. The van der Waals surface area contributed by atoms with Crippen LogP contribution in [0.3, 0.4) is 0 Å². The van der Waals surface area contributed by atoms with Crippen molar-refractivity contribution in [1.29, 1.82) is 0 Å². The molecule has 1 unspecified atom stereocenters. The molecule has 112 valence electrons. The summed E-state index contributed by atoms with van der Waals surface area (Å²) >= 11 is 3.53. The summed E-state index contributed by atoms with van der Waals surface area (Å²) < 4.78 is 1.06. The van der Waals surface area contributed by atoms with Crippen molar-refractivity contribution in [1.82, 2.24) is 0 Å². The highest BCUT2D eigenvalue weighted by Gasteiger charge is 2.23. The second-order valence-corrected chi connectivity index (χ2v) is 6.62. The average molecular weight is 341 g/mol. The monoisotopic (exact) mass is 340 g/mol. The molecule has 1 aliphatic carbocycles. The third-order valence-electron chi connectivity index (χ3n) is 4.15. The lowest BCUT2D eigenvalue weighted by Gasteiger charge is -2.37. The van der Waals surface area contributed by atoms with E-state index < -0.39 is 0 Å². The van der Waals surface area contributed by atoms with Crippen LogP contribution in [0, 0.1) is 0 Å². The Morgan fingerprint density at radius 1 is 1.35 bits per heavy atom. The molecule has 0 spiro atoms. The summed E-state index contributed by atoms with van der Waals surface area (Å²) in [6.07, 6.45) is 6.35. The highest BCUT2D eigenvalue weighted by atomic mass is 79.9. The molecule has 1 aliphatic rings. The molecule has 1 aromatic rings. The second kappa shape index (κ2) is 7.43. The molecule has 1 aromatic carbocycles. The Morgan fingerprint density at radius 2 is 2.05 bits per heavy atom. The van der Waals surface area contributed by atoms with Gasteiger partial charge in [0.05, 0.1) is 6.61 Å². The minimum Gasteiger partial charge on any atom is -0.395 e. The van der Waals surface area contributed by atoms with Gasteiger partial charge in [0.1, 0.15) is 0 Å². The fraction of sp³-hybridized carbons (Fsp3) is 0.625. The molecule has 0 bridgehead atoms. The topological polar surface area (TPSA) is 49.5 Å². The van der Waals surface area contributed by atoms with Crippen LogP contribution in [0.2, 0.25) is 0 Å². The maximum absolute atomic E-state index is 9.43. The van der Waals surface area contributed by atoms with Gasteiger partial charge in [0, 0.05) is 28.8 Å². The highest BCUT2D eigenvalue weighted by Crippen LogP contribution is 2.33. The van der Waals surface area contributed by atoms with Crippen molar-refractivity contribution in [2.45, 2.75) is 51.1 Å². The zero-order valence-electron chi connectivity index (χ0n) is 12.2. The lowest BCUT2D eigenvalue weighted by atomic mass is 9.93. The van der Waals surface area contributed by atoms with Gasteiger partial charge in [-0.15, -0.1) is 0 Å². The van der Waals surface area contributed by atoms with Crippen LogP contribution in [0.25, 0.3) is 0 Å². The molecule has 0 saturated heterocycles. The number of benzene rings is 1. The van der Waals surface area contributed by atoms with Crippen LogP contribution in [-0.4, -0.2) is 24.3 Å². The Kier molecular flexibility index (Phi) is 5.87. The van der Waals surface area contributed by atoms with Gasteiger partial charge in [-0.1, -0.05) is 35.2 Å². The standard InChI is InChI=1S/C16H25BrN2O/c1-12(18)15-11-13(17)7-8-16(15)19(9-10-20)14-5-3-2-4-6-14/h7-8,11-12,14,20H,2-6,9-10,18H2,1H3. The fourth-order valence-electron chi connectivity index (χ4n) is 3.15. The Balaban J connectivity index is 2.32. The maximum atomic E-state index is 9.43. The number of nitrogens with two attached hydrogens (primary N) is 1. The fourth-order valence-corrected chi connectivity index (χ4v) is 3.53. The molecule has 0 radical (unpaired) electrons. The van der Waals surface area contributed by atoms with Crippen molar-refractivity contribution in [2.24, 2.45) is 5.73 Å². The summed E-state index contributed by atoms with van der Waals surface area (Å²) in [6.45, 7) is 2.89. The van der Waals surface area contributed by atoms with Crippen molar-refractivity contribution < 1.29 is 5.11 Å². The number of rotatable bonds is 5. The zero-order valence-corrected chi connectivity index (χ0v) is 13.8. The number of halogens is 1. The van der Waals surface area contributed by atoms with Crippen LogP contribution in [-0.2, 0) is 0 Å². The van der Waals surface area contributed by atoms with E-state index in [0.29, 0.717) is 12.6 Å². The first kappa shape index (κ1) is 15.8. The molecule has 0 aliphatic heterocycles. The molecule has 0 heterocycles. The molecule has 4 heteroatoms. The number of aliphatic hydroxyl groups excluding tert-OH is 1. The largest absolute Gasteiger partial charge is 0.395 e. The van der Waals surface area contributed by atoms with Crippen LogP contribution in [0.1, 0.15) is 50.6 Å². The maximum Gasteiger partial charge on any atom is 0.0606 e. The summed E-state index contributed by atoms with van der Waals surface area (Å²) in [6, 6.07) is 6.83. The van der Waals surface area contributed by atoms with Gasteiger partial charge in [-0.05, 0) is 43.5 Å². The van der Waals surface area contributed by atoms with Crippen molar-refractivity contribution >= 4 is 21.6 Å². The highest BCUT2D eigenvalue weighted by molar-refractivity contribution is 9.10. The van der Waals surface area contributed by atoms with Crippen LogP contribution in [0.15, 0.2) is 22.7 Å². The number of aliphatic hydroxyl groups is 1. The van der Waals surface area contributed by atoms with E-state index in [1.807, 2.05) is 6.92 Å². The molecule has 0 amide bonds. The minimum absolute atomic E-state index is 0.00714. The van der Waals surface area contributed by atoms with E-state index in [4.69, 9.17) is 5.73 Å². The third kappa shape index (κ3) is 3.74. The average Bonchev–Trinajstić information content (AvgIpc) is 2.46. The van der Waals surface area contributed by atoms with E-state index in [1.54, 1.807) is 0 Å². The van der Waals surface area contributed by atoms with E-state index in [1.165, 1.54) is 37.8 Å². The van der Waals surface area contributed by atoms with Crippen LogP contribution >= 0.6 is 15.9 Å². The number of anilines is 1. The number of hydrogen-bond donors (Lipinski definition) is 2. The molecule has 0 aromatic heterocycles. The lowest BCUT2D eigenvalue weighted by Crippen LogP contribution is -2.39. The summed E-state index contributed by atoms with van der Waals surface area (Å²) in [5.74, 6) is 0. The van der Waals surface area contributed by atoms with Gasteiger partial charge in [0.25, 0.3) is 0 Å². The molecule has 1 fully saturated rings. The Hall–Kier alpha value is -0.580. The summed E-state index contributed by atoms with van der Waals surface area (Å²) in [7, 11) is 0. The molecule has 3 N–H and O–H groups in total. The molecular formula is C16H25BrN2O. The predicted octanol–water partition coefficient (Wildman–Crippen LogP) is 3.60. The van der Waals surface area contributed by atoms with E-state index >= 15 is 0 Å².